The highest BCUT2D eigenvalue weighted by molar-refractivity contribution is 6.21. The van der Waals surface area contributed by atoms with Crippen LogP contribution in [-0.4, -0.2) is 23.5 Å². The van der Waals surface area contributed by atoms with Crippen molar-refractivity contribution in [3.05, 3.63) is 144 Å². The molecule has 2 heterocycles. The van der Waals surface area contributed by atoms with E-state index in [1.54, 1.807) is 12.3 Å². The molecule has 0 saturated heterocycles. The highest BCUT2D eigenvalue weighted by Crippen LogP contribution is 2.44. The summed E-state index contributed by atoms with van der Waals surface area (Å²) in [6, 6.07) is 42.4. The molecule has 4 nitrogen and oxygen atoms in total. The number of nitriles is 2. The summed E-state index contributed by atoms with van der Waals surface area (Å²) in [6.45, 7) is 0.703. The Labute approximate surface area is 250 Å². The topological polar surface area (TPSA) is 63.7 Å². The number of aromatic nitrogens is 1. The first-order chi connectivity index (χ1) is 21.1. The van der Waals surface area contributed by atoms with E-state index in [2.05, 4.69) is 120 Å². The van der Waals surface area contributed by atoms with Gasteiger partial charge in [-0.3, -0.25) is 4.98 Å². The van der Waals surface area contributed by atoms with Crippen LogP contribution >= 0.6 is 0 Å². The Morgan fingerprint density at radius 1 is 0.628 bits per heavy atom. The van der Waals surface area contributed by atoms with Gasteiger partial charge >= 0.3 is 0 Å². The maximum atomic E-state index is 9.54. The van der Waals surface area contributed by atoms with Crippen LogP contribution in [0.4, 0.5) is 0 Å². The van der Waals surface area contributed by atoms with E-state index in [1.807, 2.05) is 24.3 Å². The fourth-order valence-corrected chi connectivity index (χ4v) is 6.11. The van der Waals surface area contributed by atoms with Gasteiger partial charge in [-0.25, -0.2) is 0 Å². The van der Waals surface area contributed by atoms with E-state index in [-0.39, 0.29) is 0 Å². The van der Waals surface area contributed by atoms with E-state index < -0.39 is 0 Å². The van der Waals surface area contributed by atoms with E-state index in [1.165, 1.54) is 32.7 Å². The van der Waals surface area contributed by atoms with Gasteiger partial charge in [0.2, 0.25) is 0 Å². The van der Waals surface area contributed by atoms with Gasteiger partial charge < -0.3 is 4.90 Å². The van der Waals surface area contributed by atoms with Crippen molar-refractivity contribution < 1.29 is 0 Å². The molecule has 43 heavy (non-hydrogen) atoms. The molecule has 7 rings (SSSR count). The fraction of sp³-hybridized carbons (Fsp3) is 0.0513. The van der Waals surface area contributed by atoms with E-state index >= 15 is 0 Å². The molecule has 0 amide bonds. The first-order valence-corrected chi connectivity index (χ1v) is 14.2. The fourth-order valence-electron chi connectivity index (χ4n) is 6.11. The van der Waals surface area contributed by atoms with Crippen LogP contribution < -0.4 is 0 Å². The third kappa shape index (κ3) is 4.62. The Balaban J connectivity index is 1.46. The van der Waals surface area contributed by atoms with E-state index in [0.29, 0.717) is 17.7 Å². The van der Waals surface area contributed by atoms with Gasteiger partial charge in [0.25, 0.3) is 0 Å². The lowest BCUT2D eigenvalue weighted by Crippen LogP contribution is -2.20. The zero-order chi connectivity index (χ0) is 29.3. The molecule has 0 fully saturated rings. The predicted molar refractivity (Wildman–Crippen MR) is 175 cm³/mol. The highest BCUT2D eigenvalue weighted by atomic mass is 15.1. The third-order valence-electron chi connectivity index (χ3n) is 8.13. The van der Waals surface area contributed by atoms with Gasteiger partial charge in [0.1, 0.15) is 0 Å². The maximum Gasteiger partial charge on any atom is 0.0992 e. The van der Waals surface area contributed by atoms with Crippen LogP contribution in [0.3, 0.4) is 0 Å². The molecule has 202 valence electrons. The van der Waals surface area contributed by atoms with Crippen molar-refractivity contribution in [2.45, 2.75) is 0 Å². The number of allylic oxidation sites excluding steroid dienone is 2. The molecule has 0 N–H and O–H groups in total. The Bertz CT molecular complexity index is 2150. The van der Waals surface area contributed by atoms with Crippen molar-refractivity contribution in [3.8, 4) is 45.6 Å². The third-order valence-corrected chi connectivity index (χ3v) is 8.13. The van der Waals surface area contributed by atoms with Crippen molar-refractivity contribution >= 4 is 27.2 Å². The number of hydrogen-bond acceptors (Lipinski definition) is 4. The van der Waals surface area contributed by atoms with Gasteiger partial charge in [-0.1, -0.05) is 84.9 Å². The molecule has 4 heteroatoms. The lowest BCUT2D eigenvalue weighted by molar-refractivity contribution is 0.530. The number of benzene rings is 5. The van der Waals surface area contributed by atoms with Crippen molar-refractivity contribution in [2.75, 3.05) is 13.6 Å². The summed E-state index contributed by atoms with van der Waals surface area (Å²) in [4.78, 5) is 6.73. The zero-order valence-electron chi connectivity index (χ0n) is 23.6. The average Bonchev–Trinajstić information content (AvgIpc) is 3.07. The molecule has 0 radical (unpaired) electrons. The molecule has 5 aromatic carbocycles. The molecule has 0 aliphatic carbocycles. The van der Waals surface area contributed by atoms with Gasteiger partial charge in [0.15, 0.2) is 0 Å². The minimum absolute atomic E-state index is 0.591. The summed E-state index contributed by atoms with van der Waals surface area (Å²) in [5.74, 6) is 0. The van der Waals surface area contributed by atoms with Crippen molar-refractivity contribution in [2.24, 2.45) is 0 Å². The van der Waals surface area contributed by atoms with Crippen molar-refractivity contribution in [1.29, 1.82) is 10.5 Å². The van der Waals surface area contributed by atoms with Gasteiger partial charge in [0, 0.05) is 31.0 Å². The van der Waals surface area contributed by atoms with Gasteiger partial charge in [-0.2, -0.15) is 10.5 Å². The van der Waals surface area contributed by atoms with Crippen LogP contribution in [0.1, 0.15) is 11.1 Å². The average molecular weight is 551 g/mol. The standard InChI is InChI=1S/C39H26N4/c1-43-19-17-27(25-41)21-37(43)29-9-7-11-31(23-29)39-34-14-4-2-12-32(34)38(33-13-3-5-15-35(33)39)30-10-6-8-28(22-30)36-20-26(24-40)16-18-42-36/h2-18,20-23H,19H2,1H3. The first-order valence-electron chi connectivity index (χ1n) is 14.2. The minimum atomic E-state index is 0.591. The second kappa shape index (κ2) is 10.8. The van der Waals surface area contributed by atoms with Crippen molar-refractivity contribution in [1.82, 2.24) is 9.88 Å². The van der Waals surface area contributed by atoms with Gasteiger partial charge in [-0.05, 0) is 85.8 Å². The van der Waals surface area contributed by atoms with Gasteiger partial charge in [0.05, 0.1) is 29.0 Å². The predicted octanol–water partition coefficient (Wildman–Crippen LogP) is 9.00. The van der Waals surface area contributed by atoms with E-state index in [4.69, 9.17) is 0 Å². The molecule has 0 spiro atoms. The van der Waals surface area contributed by atoms with Gasteiger partial charge in [-0.15, -0.1) is 0 Å². The molecule has 0 unspecified atom stereocenters. The largest absolute Gasteiger partial charge is 0.370 e. The lowest BCUT2D eigenvalue weighted by Gasteiger charge is -2.25. The Hall–Kier alpha value is -5.97. The molecule has 1 aliphatic heterocycles. The monoisotopic (exact) mass is 550 g/mol. The van der Waals surface area contributed by atoms with Crippen LogP contribution in [0.5, 0.6) is 0 Å². The Kier molecular flexibility index (Phi) is 6.51. The summed E-state index contributed by atoms with van der Waals surface area (Å²) in [5, 5.41) is 23.6. The van der Waals surface area contributed by atoms with Crippen molar-refractivity contribution in [3.63, 3.8) is 0 Å². The molecule has 0 bridgehead atoms. The molecule has 0 atom stereocenters. The first kappa shape index (κ1) is 26.0. The molecule has 1 aliphatic rings. The minimum Gasteiger partial charge on any atom is -0.370 e. The van der Waals surface area contributed by atoms with E-state index in [9.17, 15) is 10.5 Å². The zero-order valence-corrected chi connectivity index (χ0v) is 23.6. The molecule has 0 saturated carbocycles. The summed E-state index contributed by atoms with van der Waals surface area (Å²) in [5.41, 5.74) is 9.73. The number of likely N-dealkylation sites (N-methyl/N-ethyl adjacent to an activating group) is 1. The normalized spacial score (nSPS) is 12.9. The molecule has 1 aromatic heterocycles. The SMILES string of the molecule is CN1CC=C(C#N)C=C1c1cccc(-c2c3ccccc3c(-c3cccc(-c4cc(C#N)ccn4)c3)c3ccccc23)c1. The Morgan fingerprint density at radius 3 is 1.77 bits per heavy atom. The molecular formula is C39H26N4. The van der Waals surface area contributed by atoms with Crippen LogP contribution in [0, 0.1) is 22.7 Å². The smallest absolute Gasteiger partial charge is 0.0992 e. The number of hydrogen-bond donors (Lipinski definition) is 0. The van der Waals surface area contributed by atoms with Crippen LogP contribution in [0.25, 0.3) is 60.8 Å². The number of pyridine rings is 1. The summed E-state index contributed by atoms with van der Waals surface area (Å²) < 4.78 is 0. The van der Waals surface area contributed by atoms with Crippen LogP contribution in [-0.2, 0) is 0 Å². The summed E-state index contributed by atoms with van der Waals surface area (Å²) in [7, 11) is 2.06. The van der Waals surface area contributed by atoms with Crippen LogP contribution in [0.2, 0.25) is 0 Å². The second-order valence-corrected chi connectivity index (χ2v) is 10.7. The molecular weight excluding hydrogens is 524 g/mol. The number of rotatable bonds is 4. The highest BCUT2D eigenvalue weighted by Gasteiger charge is 2.19. The maximum absolute atomic E-state index is 9.54. The summed E-state index contributed by atoms with van der Waals surface area (Å²) >= 11 is 0. The Morgan fingerprint density at radius 2 is 1.19 bits per heavy atom. The van der Waals surface area contributed by atoms with E-state index in [0.717, 1.165) is 33.6 Å². The molecule has 6 aromatic rings. The van der Waals surface area contributed by atoms with Crippen LogP contribution in [0.15, 0.2) is 133 Å². The second-order valence-electron chi connectivity index (χ2n) is 10.7. The number of nitrogens with zero attached hydrogens (tertiary/aromatic N) is 4. The quantitative estimate of drug-likeness (QED) is 0.206. The summed E-state index contributed by atoms with van der Waals surface area (Å²) in [6.07, 6.45) is 5.61. The lowest BCUT2D eigenvalue weighted by atomic mass is 9.85. The number of fused-ring (bicyclic) bond motifs is 2.